The molecule has 32 heavy (non-hydrogen) atoms. The fraction of sp³-hybridized carbons (Fsp3) is 0.333. The van der Waals surface area contributed by atoms with Crippen LogP contribution in [0, 0.1) is 0 Å². The second-order valence-corrected chi connectivity index (χ2v) is 8.94. The second-order valence-electron chi connectivity index (χ2n) is 7.40. The quantitative estimate of drug-likeness (QED) is 0.437. The number of rotatable bonds is 9. The third-order valence-corrected chi connectivity index (χ3v) is 6.46. The monoisotopic (exact) mass is 460 g/mol. The molecule has 0 amide bonds. The summed E-state index contributed by atoms with van der Waals surface area (Å²) < 4.78 is 56.4. The Balaban J connectivity index is 1.89. The van der Waals surface area contributed by atoms with E-state index in [2.05, 4.69) is 0 Å². The molecule has 7 nitrogen and oxygen atoms in total. The largest absolute Gasteiger partial charge is 0.465 e. The van der Waals surface area contributed by atoms with Crippen molar-refractivity contribution in [3.8, 4) is 11.5 Å². The Morgan fingerprint density at radius 3 is 1.81 bits per heavy atom. The molecule has 0 aromatic heterocycles. The van der Waals surface area contributed by atoms with Crippen molar-refractivity contribution in [1.29, 1.82) is 0 Å². The van der Waals surface area contributed by atoms with Crippen molar-refractivity contribution in [2.45, 2.75) is 37.6 Å². The zero-order valence-corrected chi connectivity index (χ0v) is 19.3. The van der Waals surface area contributed by atoms with E-state index in [1.165, 1.54) is 0 Å². The van der Waals surface area contributed by atoms with E-state index >= 15 is 0 Å². The van der Waals surface area contributed by atoms with Crippen molar-refractivity contribution in [1.82, 2.24) is 0 Å². The van der Waals surface area contributed by atoms with Crippen molar-refractivity contribution in [2.75, 3.05) is 14.2 Å². The first-order valence-electron chi connectivity index (χ1n) is 10.2. The lowest BCUT2D eigenvalue weighted by Crippen LogP contribution is -2.30. The highest BCUT2D eigenvalue weighted by Gasteiger charge is 2.37. The molecule has 1 N–H and O–H groups in total. The highest BCUT2D eigenvalue weighted by Crippen LogP contribution is 2.39. The molecule has 0 fully saturated rings. The second kappa shape index (κ2) is 10.3. The van der Waals surface area contributed by atoms with Gasteiger partial charge in [-0.3, -0.25) is 4.55 Å². The van der Waals surface area contributed by atoms with Crippen molar-refractivity contribution in [3.63, 3.8) is 0 Å². The molecular formula is C24H28O7S. The first-order chi connectivity index (χ1) is 15.2. The van der Waals surface area contributed by atoms with Crippen molar-refractivity contribution in [2.24, 2.45) is 0 Å². The van der Waals surface area contributed by atoms with Gasteiger partial charge in [-0.05, 0) is 54.8 Å². The Labute approximate surface area is 189 Å². The van der Waals surface area contributed by atoms with Crippen molar-refractivity contribution >= 4 is 15.7 Å². The fourth-order valence-corrected chi connectivity index (χ4v) is 4.69. The minimum Gasteiger partial charge on any atom is -0.465 e. The zero-order chi connectivity index (χ0) is 23.3. The maximum atomic E-state index is 12.5. The van der Waals surface area contributed by atoms with Gasteiger partial charge in [0, 0.05) is 20.1 Å². The minimum atomic E-state index is -4.41. The molecule has 172 valence electrons. The zero-order valence-electron chi connectivity index (χ0n) is 18.5. The average Bonchev–Trinajstić information content (AvgIpc) is 2.78. The standard InChI is InChI=1S/C24H28O7S/c1-16(28-3)30-20-12-8-18(9-13-20)22-6-5-7-23(24(22)32(25,26)27)19-10-14-21(15-11-19)31-17(2)29-4/h5-17,22,24H,1-4H3,(H,25,26,27). The number of benzene rings is 2. The van der Waals surface area contributed by atoms with Gasteiger partial charge in [-0.1, -0.05) is 42.5 Å². The Hall–Kier alpha value is -2.65. The number of allylic oxidation sites excluding steroid dienone is 3. The Kier molecular flexibility index (Phi) is 7.73. The number of hydrogen-bond donors (Lipinski definition) is 1. The highest BCUT2D eigenvalue weighted by atomic mass is 32.2. The van der Waals surface area contributed by atoms with E-state index in [9.17, 15) is 13.0 Å². The van der Waals surface area contributed by atoms with Gasteiger partial charge in [-0.2, -0.15) is 8.42 Å². The normalized spacial score (nSPS) is 20.3. The molecule has 0 radical (unpaired) electrons. The molecule has 1 aliphatic carbocycles. The molecule has 0 aliphatic heterocycles. The van der Waals surface area contributed by atoms with E-state index < -0.39 is 33.9 Å². The van der Waals surface area contributed by atoms with Crippen molar-refractivity contribution < 1.29 is 31.9 Å². The number of methoxy groups -OCH3 is 2. The summed E-state index contributed by atoms with van der Waals surface area (Å²) in [6.45, 7) is 3.54. The van der Waals surface area contributed by atoms with E-state index in [-0.39, 0.29) is 0 Å². The van der Waals surface area contributed by atoms with Crippen LogP contribution >= 0.6 is 0 Å². The molecule has 2 aromatic carbocycles. The van der Waals surface area contributed by atoms with Gasteiger partial charge < -0.3 is 18.9 Å². The summed E-state index contributed by atoms with van der Waals surface area (Å²) in [6.07, 6.45) is 4.46. The third-order valence-electron chi connectivity index (χ3n) is 5.27. The predicted molar refractivity (Wildman–Crippen MR) is 122 cm³/mol. The van der Waals surface area contributed by atoms with Gasteiger partial charge in [0.25, 0.3) is 10.1 Å². The number of ether oxygens (including phenoxy) is 4. The van der Waals surface area contributed by atoms with Crippen LogP contribution in [0.2, 0.25) is 0 Å². The molecule has 0 spiro atoms. The van der Waals surface area contributed by atoms with Gasteiger partial charge in [0.1, 0.15) is 16.7 Å². The Morgan fingerprint density at radius 2 is 1.34 bits per heavy atom. The summed E-state index contributed by atoms with van der Waals surface area (Å²) in [5, 5.41) is -1.15. The van der Waals surface area contributed by atoms with Crippen LogP contribution in [-0.2, 0) is 19.6 Å². The summed E-state index contributed by atoms with van der Waals surface area (Å²) >= 11 is 0. The van der Waals surface area contributed by atoms with Gasteiger partial charge in [-0.25, -0.2) is 0 Å². The molecule has 3 rings (SSSR count). The molecule has 2 aromatic rings. The molecule has 0 saturated heterocycles. The molecule has 0 saturated carbocycles. The van der Waals surface area contributed by atoms with Gasteiger partial charge in [-0.15, -0.1) is 0 Å². The lowest BCUT2D eigenvalue weighted by molar-refractivity contribution is -0.0385. The van der Waals surface area contributed by atoms with E-state index in [0.29, 0.717) is 22.6 Å². The van der Waals surface area contributed by atoms with Crippen LogP contribution in [0.1, 0.15) is 30.9 Å². The summed E-state index contributed by atoms with van der Waals surface area (Å²) in [4.78, 5) is 0. The lowest BCUT2D eigenvalue weighted by atomic mass is 9.85. The SMILES string of the molecule is COC(C)Oc1ccc(C2=CC=CC(c3ccc(OC(C)OC)cc3)C2S(=O)(=O)O)cc1. The van der Waals surface area contributed by atoms with Crippen molar-refractivity contribution in [3.05, 3.63) is 77.9 Å². The number of hydrogen-bond acceptors (Lipinski definition) is 6. The first-order valence-corrected chi connectivity index (χ1v) is 11.7. The van der Waals surface area contributed by atoms with Crippen LogP contribution in [0.5, 0.6) is 11.5 Å². The fourth-order valence-electron chi connectivity index (χ4n) is 3.53. The topological polar surface area (TPSA) is 91.3 Å². The maximum absolute atomic E-state index is 12.5. The summed E-state index contributed by atoms with van der Waals surface area (Å²) in [6, 6.07) is 14.1. The van der Waals surface area contributed by atoms with Crippen LogP contribution < -0.4 is 9.47 Å². The van der Waals surface area contributed by atoms with Gasteiger partial charge in [0.15, 0.2) is 12.6 Å². The van der Waals surface area contributed by atoms with Crippen LogP contribution in [0.3, 0.4) is 0 Å². The summed E-state index contributed by atoms with van der Waals surface area (Å²) in [5.74, 6) is 0.627. The minimum absolute atomic E-state index is 0.408. The van der Waals surface area contributed by atoms with Crippen LogP contribution in [0.25, 0.3) is 5.57 Å². The lowest BCUT2D eigenvalue weighted by Gasteiger charge is -2.28. The van der Waals surface area contributed by atoms with E-state index in [1.54, 1.807) is 94.8 Å². The molecule has 1 aliphatic rings. The average molecular weight is 461 g/mol. The third kappa shape index (κ3) is 5.77. The molecular weight excluding hydrogens is 432 g/mol. The Bertz CT molecular complexity index is 1060. The van der Waals surface area contributed by atoms with E-state index in [4.69, 9.17) is 18.9 Å². The van der Waals surface area contributed by atoms with Gasteiger partial charge in [0.05, 0.1) is 0 Å². The summed E-state index contributed by atoms with van der Waals surface area (Å²) in [7, 11) is -1.31. The molecule has 4 unspecified atom stereocenters. The van der Waals surface area contributed by atoms with Crippen LogP contribution in [0.4, 0.5) is 0 Å². The summed E-state index contributed by atoms with van der Waals surface area (Å²) in [5.41, 5.74) is 1.91. The first kappa shape index (κ1) is 24.0. The Morgan fingerprint density at radius 1 is 0.844 bits per heavy atom. The molecule has 0 heterocycles. The molecule has 8 heteroatoms. The van der Waals surface area contributed by atoms with E-state index in [0.717, 1.165) is 5.56 Å². The van der Waals surface area contributed by atoms with Crippen LogP contribution in [0.15, 0.2) is 66.8 Å². The molecule has 4 atom stereocenters. The highest BCUT2D eigenvalue weighted by molar-refractivity contribution is 7.87. The van der Waals surface area contributed by atoms with Crippen LogP contribution in [-0.4, -0.2) is 45.0 Å². The molecule has 0 bridgehead atoms. The smallest absolute Gasteiger partial charge is 0.272 e. The van der Waals surface area contributed by atoms with Gasteiger partial charge in [0.2, 0.25) is 0 Å². The van der Waals surface area contributed by atoms with E-state index in [1.807, 2.05) is 0 Å². The maximum Gasteiger partial charge on any atom is 0.272 e. The van der Waals surface area contributed by atoms with Gasteiger partial charge >= 0.3 is 0 Å². The predicted octanol–water partition coefficient (Wildman–Crippen LogP) is 4.42.